The Morgan fingerprint density at radius 3 is 2.74 bits per heavy atom. The number of ether oxygens (including phenoxy) is 1. The van der Waals surface area contributed by atoms with Crippen molar-refractivity contribution in [2.45, 2.75) is 12.8 Å². The standard InChI is InChI=1S/C20H20ClN3O2S/c1-24(2)20(25)18-19-15(16(22-23-18)9-12-7-8-26-11-12)10-17(27-19)13-3-5-14(21)6-4-13/h3-6,10,12H,7-9,11H2,1-2H3. The van der Waals surface area contributed by atoms with E-state index in [0.29, 0.717) is 16.6 Å². The fourth-order valence-corrected chi connectivity index (χ4v) is 4.56. The first-order valence-corrected chi connectivity index (χ1v) is 10.1. The number of thiophene rings is 1. The molecule has 0 spiro atoms. The van der Waals surface area contributed by atoms with Gasteiger partial charge in [-0.15, -0.1) is 16.4 Å². The average Bonchev–Trinajstić information content (AvgIpc) is 3.32. The summed E-state index contributed by atoms with van der Waals surface area (Å²) in [7, 11) is 3.46. The molecular weight excluding hydrogens is 382 g/mol. The van der Waals surface area contributed by atoms with Crippen LogP contribution in [0.1, 0.15) is 22.6 Å². The van der Waals surface area contributed by atoms with E-state index in [1.165, 1.54) is 4.90 Å². The Labute approximate surface area is 166 Å². The SMILES string of the molecule is CN(C)C(=O)c1nnc(CC2CCOC2)c2cc(-c3ccc(Cl)cc3)sc12. The van der Waals surface area contributed by atoms with Gasteiger partial charge in [-0.1, -0.05) is 23.7 Å². The summed E-state index contributed by atoms with van der Waals surface area (Å²) in [6.07, 6.45) is 1.85. The lowest BCUT2D eigenvalue weighted by Crippen LogP contribution is -2.23. The van der Waals surface area contributed by atoms with E-state index < -0.39 is 0 Å². The molecule has 0 saturated carbocycles. The summed E-state index contributed by atoms with van der Waals surface area (Å²) < 4.78 is 6.39. The summed E-state index contributed by atoms with van der Waals surface area (Å²) in [6.45, 7) is 1.56. The Kier molecular flexibility index (Phi) is 5.12. The van der Waals surface area contributed by atoms with Crippen LogP contribution in [0.2, 0.25) is 5.02 Å². The molecule has 0 radical (unpaired) electrons. The highest BCUT2D eigenvalue weighted by Gasteiger charge is 2.23. The zero-order valence-electron chi connectivity index (χ0n) is 15.2. The molecule has 5 nitrogen and oxygen atoms in total. The summed E-state index contributed by atoms with van der Waals surface area (Å²) in [5.74, 6) is 0.324. The summed E-state index contributed by atoms with van der Waals surface area (Å²) in [6, 6.07) is 9.86. The number of carbonyl (C=O) groups excluding carboxylic acids is 1. The molecule has 0 aliphatic carbocycles. The smallest absolute Gasteiger partial charge is 0.275 e. The zero-order valence-corrected chi connectivity index (χ0v) is 16.8. The molecule has 1 aromatic carbocycles. The number of hydrogen-bond acceptors (Lipinski definition) is 5. The van der Waals surface area contributed by atoms with E-state index in [-0.39, 0.29) is 5.91 Å². The molecule has 7 heteroatoms. The number of fused-ring (bicyclic) bond motifs is 1. The average molecular weight is 402 g/mol. The molecule has 1 aliphatic rings. The highest BCUT2D eigenvalue weighted by Crippen LogP contribution is 2.37. The van der Waals surface area contributed by atoms with Gasteiger partial charge >= 0.3 is 0 Å². The number of amides is 1. The van der Waals surface area contributed by atoms with Gasteiger partial charge in [0.2, 0.25) is 0 Å². The fourth-order valence-electron chi connectivity index (χ4n) is 3.27. The third-order valence-electron chi connectivity index (χ3n) is 4.77. The number of hydrogen-bond donors (Lipinski definition) is 0. The lowest BCUT2D eigenvalue weighted by Gasteiger charge is -2.12. The zero-order chi connectivity index (χ0) is 19.0. The summed E-state index contributed by atoms with van der Waals surface area (Å²) in [4.78, 5) is 15.2. The molecule has 0 N–H and O–H groups in total. The van der Waals surface area contributed by atoms with Crippen molar-refractivity contribution >= 4 is 38.9 Å². The molecule has 1 amide bonds. The van der Waals surface area contributed by atoms with Crippen molar-refractivity contribution in [1.82, 2.24) is 15.1 Å². The van der Waals surface area contributed by atoms with Crippen LogP contribution in [0.5, 0.6) is 0 Å². The normalized spacial score (nSPS) is 16.8. The molecule has 0 bridgehead atoms. The number of rotatable bonds is 4. The van der Waals surface area contributed by atoms with Crippen LogP contribution < -0.4 is 0 Å². The van der Waals surface area contributed by atoms with Crippen LogP contribution in [0, 0.1) is 5.92 Å². The quantitative estimate of drug-likeness (QED) is 0.654. The van der Waals surface area contributed by atoms with Gasteiger partial charge in [-0.2, -0.15) is 5.10 Å². The maximum Gasteiger partial charge on any atom is 0.275 e. The van der Waals surface area contributed by atoms with Crippen molar-refractivity contribution in [2.24, 2.45) is 5.92 Å². The van der Waals surface area contributed by atoms with Crippen molar-refractivity contribution in [3.05, 3.63) is 46.7 Å². The first-order valence-electron chi connectivity index (χ1n) is 8.87. The molecule has 1 saturated heterocycles. The molecule has 2 aromatic heterocycles. The van der Waals surface area contributed by atoms with Gasteiger partial charge in [0.15, 0.2) is 5.69 Å². The number of aromatic nitrogens is 2. The Bertz CT molecular complexity index is 979. The van der Waals surface area contributed by atoms with Crippen LogP contribution >= 0.6 is 22.9 Å². The van der Waals surface area contributed by atoms with Gasteiger partial charge < -0.3 is 9.64 Å². The van der Waals surface area contributed by atoms with E-state index in [0.717, 1.165) is 52.3 Å². The first kappa shape index (κ1) is 18.3. The molecule has 1 atom stereocenters. The minimum Gasteiger partial charge on any atom is -0.381 e. The van der Waals surface area contributed by atoms with Crippen molar-refractivity contribution in [2.75, 3.05) is 27.3 Å². The van der Waals surface area contributed by atoms with Gasteiger partial charge in [0.05, 0.1) is 10.4 Å². The molecule has 1 aliphatic heterocycles. The molecule has 1 unspecified atom stereocenters. The highest BCUT2D eigenvalue weighted by molar-refractivity contribution is 7.22. The predicted octanol–water partition coefficient (Wildman–Crippen LogP) is 4.29. The van der Waals surface area contributed by atoms with Gasteiger partial charge in [0.1, 0.15) is 0 Å². The topological polar surface area (TPSA) is 55.3 Å². The Morgan fingerprint density at radius 1 is 1.30 bits per heavy atom. The lowest BCUT2D eigenvalue weighted by atomic mass is 10.0. The van der Waals surface area contributed by atoms with Crippen LogP contribution in [0.4, 0.5) is 0 Å². The number of carbonyl (C=O) groups is 1. The maximum absolute atomic E-state index is 12.6. The second-order valence-electron chi connectivity index (χ2n) is 6.99. The molecule has 3 aromatic rings. The Hall–Kier alpha value is -2.02. The van der Waals surface area contributed by atoms with E-state index in [1.54, 1.807) is 25.4 Å². The Balaban J connectivity index is 1.83. The fraction of sp³-hybridized carbons (Fsp3) is 0.350. The number of nitrogens with zero attached hydrogens (tertiary/aromatic N) is 3. The summed E-state index contributed by atoms with van der Waals surface area (Å²) in [5, 5.41) is 10.4. The lowest BCUT2D eigenvalue weighted by molar-refractivity contribution is 0.0823. The van der Waals surface area contributed by atoms with Crippen LogP contribution in [0.15, 0.2) is 30.3 Å². The molecule has 27 heavy (non-hydrogen) atoms. The van der Waals surface area contributed by atoms with E-state index in [4.69, 9.17) is 16.3 Å². The summed E-state index contributed by atoms with van der Waals surface area (Å²) in [5.41, 5.74) is 2.41. The van der Waals surface area contributed by atoms with Gasteiger partial charge in [0.25, 0.3) is 5.91 Å². The number of halogens is 1. The van der Waals surface area contributed by atoms with Crippen LogP contribution in [0.25, 0.3) is 20.5 Å². The van der Waals surface area contributed by atoms with E-state index in [2.05, 4.69) is 16.3 Å². The molecule has 140 valence electrons. The van der Waals surface area contributed by atoms with Crippen LogP contribution in [-0.2, 0) is 11.2 Å². The minimum absolute atomic E-state index is 0.132. The van der Waals surface area contributed by atoms with Crippen molar-refractivity contribution < 1.29 is 9.53 Å². The first-order chi connectivity index (χ1) is 13.0. The van der Waals surface area contributed by atoms with Gasteiger partial charge in [0, 0.05) is 42.6 Å². The molecule has 3 heterocycles. The third-order valence-corrected chi connectivity index (χ3v) is 6.22. The number of benzene rings is 1. The molecule has 4 rings (SSSR count). The largest absolute Gasteiger partial charge is 0.381 e. The van der Waals surface area contributed by atoms with Gasteiger partial charge in [-0.25, -0.2) is 0 Å². The maximum atomic E-state index is 12.6. The monoisotopic (exact) mass is 401 g/mol. The predicted molar refractivity (Wildman–Crippen MR) is 109 cm³/mol. The third kappa shape index (κ3) is 3.70. The van der Waals surface area contributed by atoms with Gasteiger partial charge in [-0.05, 0) is 42.5 Å². The second kappa shape index (κ2) is 7.54. The molecular formula is C20H20ClN3O2S. The van der Waals surface area contributed by atoms with E-state index >= 15 is 0 Å². The van der Waals surface area contributed by atoms with E-state index in [9.17, 15) is 4.79 Å². The van der Waals surface area contributed by atoms with Crippen LogP contribution in [0.3, 0.4) is 0 Å². The second-order valence-corrected chi connectivity index (χ2v) is 8.48. The van der Waals surface area contributed by atoms with Crippen molar-refractivity contribution in [3.63, 3.8) is 0 Å². The van der Waals surface area contributed by atoms with Crippen molar-refractivity contribution in [1.29, 1.82) is 0 Å². The van der Waals surface area contributed by atoms with Crippen molar-refractivity contribution in [3.8, 4) is 10.4 Å². The summed E-state index contributed by atoms with van der Waals surface area (Å²) >= 11 is 7.60. The minimum atomic E-state index is -0.132. The van der Waals surface area contributed by atoms with E-state index in [1.807, 2.05) is 24.3 Å². The highest BCUT2D eigenvalue weighted by atomic mass is 35.5. The van der Waals surface area contributed by atoms with Gasteiger partial charge in [-0.3, -0.25) is 4.79 Å². The molecule has 1 fully saturated rings. The van der Waals surface area contributed by atoms with Crippen LogP contribution in [-0.4, -0.2) is 48.3 Å². The Morgan fingerprint density at radius 2 is 2.07 bits per heavy atom.